The molecule has 21 heavy (non-hydrogen) atoms. The molecule has 1 aliphatic heterocycles. The fourth-order valence-corrected chi connectivity index (χ4v) is 2.86. The molecule has 1 aromatic rings. The number of amides is 1. The van der Waals surface area contributed by atoms with Crippen molar-refractivity contribution in [3.8, 4) is 0 Å². The van der Waals surface area contributed by atoms with Gasteiger partial charge in [0.05, 0.1) is 12.0 Å². The quantitative estimate of drug-likeness (QED) is 0.847. The average molecular weight is 290 g/mol. The van der Waals surface area contributed by atoms with Crippen molar-refractivity contribution in [3.63, 3.8) is 0 Å². The zero-order chi connectivity index (χ0) is 15.1. The average Bonchev–Trinajstić information content (AvgIpc) is 2.54. The molecule has 1 unspecified atom stereocenters. The number of hydrogen-bond donors (Lipinski definition) is 2. The molecule has 1 aliphatic rings. The number of ether oxygens (including phenoxy) is 1. The number of hydrogen-bond acceptors (Lipinski definition) is 3. The van der Waals surface area contributed by atoms with Crippen LogP contribution in [0.1, 0.15) is 38.7 Å². The van der Waals surface area contributed by atoms with E-state index in [0.717, 1.165) is 43.6 Å². The first-order valence-corrected chi connectivity index (χ1v) is 7.89. The minimum absolute atomic E-state index is 0.126. The second-order valence-corrected chi connectivity index (χ2v) is 5.66. The minimum Gasteiger partial charge on any atom is -0.377 e. The normalized spacial score (nSPS) is 22.0. The second-order valence-electron chi connectivity index (χ2n) is 5.66. The summed E-state index contributed by atoms with van der Waals surface area (Å²) >= 11 is 0. The molecule has 0 aromatic heterocycles. The SMILES string of the molecule is CCOCc1ccccc1NC(=O)C1(CC)CCCNC1. The highest BCUT2D eigenvalue weighted by atomic mass is 16.5. The van der Waals surface area contributed by atoms with Crippen molar-refractivity contribution >= 4 is 11.6 Å². The molecule has 0 bridgehead atoms. The topological polar surface area (TPSA) is 50.4 Å². The zero-order valence-corrected chi connectivity index (χ0v) is 13.1. The summed E-state index contributed by atoms with van der Waals surface area (Å²) in [6, 6.07) is 7.87. The van der Waals surface area contributed by atoms with E-state index < -0.39 is 0 Å². The smallest absolute Gasteiger partial charge is 0.231 e. The maximum atomic E-state index is 12.8. The molecule has 0 saturated carbocycles. The van der Waals surface area contributed by atoms with Crippen molar-refractivity contribution in [1.29, 1.82) is 0 Å². The van der Waals surface area contributed by atoms with Crippen molar-refractivity contribution < 1.29 is 9.53 Å². The highest BCUT2D eigenvalue weighted by Crippen LogP contribution is 2.32. The van der Waals surface area contributed by atoms with E-state index in [1.165, 1.54) is 0 Å². The maximum Gasteiger partial charge on any atom is 0.231 e. The van der Waals surface area contributed by atoms with Gasteiger partial charge in [-0.3, -0.25) is 4.79 Å². The molecule has 1 fully saturated rings. The standard InChI is InChI=1S/C17H26N2O2/c1-3-17(10-7-11-18-13-17)16(20)19-15-9-6-5-8-14(15)12-21-4-2/h5-6,8-9,18H,3-4,7,10-13H2,1-2H3,(H,19,20). The van der Waals surface area contributed by atoms with E-state index in [1.54, 1.807) is 0 Å². The summed E-state index contributed by atoms with van der Waals surface area (Å²) < 4.78 is 5.48. The van der Waals surface area contributed by atoms with Crippen molar-refractivity contribution in [2.45, 2.75) is 39.7 Å². The number of carbonyl (C=O) groups excluding carboxylic acids is 1. The molecule has 1 amide bonds. The van der Waals surface area contributed by atoms with E-state index in [9.17, 15) is 4.79 Å². The van der Waals surface area contributed by atoms with Crippen LogP contribution in [0, 0.1) is 5.41 Å². The van der Waals surface area contributed by atoms with Crippen LogP contribution in [0.25, 0.3) is 0 Å². The number of para-hydroxylation sites is 1. The second kappa shape index (κ2) is 7.57. The Morgan fingerprint density at radius 1 is 1.38 bits per heavy atom. The molecule has 1 atom stereocenters. The van der Waals surface area contributed by atoms with Gasteiger partial charge in [0.15, 0.2) is 0 Å². The molecule has 0 aliphatic carbocycles. The van der Waals surface area contributed by atoms with Gasteiger partial charge in [-0.25, -0.2) is 0 Å². The van der Waals surface area contributed by atoms with E-state index in [1.807, 2.05) is 31.2 Å². The van der Waals surface area contributed by atoms with E-state index in [0.29, 0.717) is 13.2 Å². The molecular weight excluding hydrogens is 264 g/mol. The van der Waals surface area contributed by atoms with E-state index in [4.69, 9.17) is 4.74 Å². The van der Waals surface area contributed by atoms with Crippen LogP contribution in [-0.4, -0.2) is 25.6 Å². The fourth-order valence-electron chi connectivity index (χ4n) is 2.86. The number of carbonyl (C=O) groups is 1. The van der Waals surface area contributed by atoms with Crippen LogP contribution in [0.5, 0.6) is 0 Å². The summed E-state index contributed by atoms with van der Waals surface area (Å²) in [5.41, 5.74) is 1.62. The zero-order valence-electron chi connectivity index (χ0n) is 13.1. The number of nitrogens with one attached hydrogen (secondary N) is 2. The Morgan fingerprint density at radius 3 is 2.86 bits per heavy atom. The first-order valence-electron chi connectivity index (χ1n) is 7.89. The van der Waals surface area contributed by atoms with Crippen molar-refractivity contribution in [1.82, 2.24) is 5.32 Å². The Morgan fingerprint density at radius 2 is 2.19 bits per heavy atom. The largest absolute Gasteiger partial charge is 0.377 e. The lowest BCUT2D eigenvalue weighted by molar-refractivity contribution is -0.126. The monoisotopic (exact) mass is 290 g/mol. The van der Waals surface area contributed by atoms with E-state index in [-0.39, 0.29) is 11.3 Å². The Labute approximate surface area is 127 Å². The summed E-state index contributed by atoms with van der Waals surface area (Å²) in [5.74, 6) is 0.126. The molecule has 116 valence electrons. The van der Waals surface area contributed by atoms with Gasteiger partial charge in [0, 0.05) is 24.4 Å². The Kier molecular flexibility index (Phi) is 5.76. The van der Waals surface area contributed by atoms with Crippen LogP contribution >= 0.6 is 0 Å². The summed E-state index contributed by atoms with van der Waals surface area (Å²) in [7, 11) is 0. The molecule has 0 spiro atoms. The molecule has 1 aromatic carbocycles. The predicted molar refractivity (Wildman–Crippen MR) is 85.2 cm³/mol. The van der Waals surface area contributed by atoms with Gasteiger partial charge in [0.1, 0.15) is 0 Å². The van der Waals surface area contributed by atoms with Crippen molar-refractivity contribution in [2.24, 2.45) is 5.41 Å². The van der Waals surface area contributed by atoms with Gasteiger partial charge < -0.3 is 15.4 Å². The minimum atomic E-state index is -0.281. The predicted octanol–water partition coefficient (Wildman–Crippen LogP) is 2.94. The van der Waals surface area contributed by atoms with Gasteiger partial charge in [0.2, 0.25) is 5.91 Å². The van der Waals surface area contributed by atoms with Crippen LogP contribution in [0.2, 0.25) is 0 Å². The molecule has 2 N–H and O–H groups in total. The Balaban J connectivity index is 2.11. The summed E-state index contributed by atoms with van der Waals surface area (Å²) in [6.07, 6.45) is 2.87. The number of anilines is 1. The number of rotatable bonds is 6. The maximum absolute atomic E-state index is 12.8. The highest BCUT2D eigenvalue weighted by Gasteiger charge is 2.37. The first-order chi connectivity index (χ1) is 10.2. The van der Waals surface area contributed by atoms with E-state index in [2.05, 4.69) is 17.6 Å². The van der Waals surface area contributed by atoms with Crippen molar-refractivity contribution in [3.05, 3.63) is 29.8 Å². The van der Waals surface area contributed by atoms with Gasteiger partial charge in [0.25, 0.3) is 0 Å². The summed E-state index contributed by atoms with van der Waals surface area (Å²) in [5, 5.41) is 6.48. The van der Waals surface area contributed by atoms with Gasteiger partial charge in [-0.1, -0.05) is 25.1 Å². The van der Waals surface area contributed by atoms with Crippen LogP contribution < -0.4 is 10.6 Å². The fraction of sp³-hybridized carbons (Fsp3) is 0.588. The third-order valence-corrected chi connectivity index (χ3v) is 4.36. The van der Waals surface area contributed by atoms with Crippen LogP contribution in [0.3, 0.4) is 0 Å². The lowest BCUT2D eigenvalue weighted by atomic mass is 9.77. The first kappa shape index (κ1) is 16.0. The third kappa shape index (κ3) is 3.83. The Hall–Kier alpha value is -1.39. The summed E-state index contributed by atoms with van der Waals surface area (Å²) in [6.45, 7) is 7.05. The molecule has 2 rings (SSSR count). The molecule has 1 saturated heterocycles. The third-order valence-electron chi connectivity index (χ3n) is 4.36. The number of piperidine rings is 1. The molecule has 4 heteroatoms. The summed E-state index contributed by atoms with van der Waals surface area (Å²) in [4.78, 5) is 12.8. The van der Waals surface area contributed by atoms with Crippen molar-refractivity contribution in [2.75, 3.05) is 25.0 Å². The van der Waals surface area contributed by atoms with Gasteiger partial charge in [-0.05, 0) is 38.8 Å². The molecule has 4 nitrogen and oxygen atoms in total. The highest BCUT2D eigenvalue weighted by molar-refractivity contribution is 5.96. The van der Waals surface area contributed by atoms with Gasteiger partial charge in [-0.15, -0.1) is 0 Å². The molecular formula is C17H26N2O2. The Bertz CT molecular complexity index is 468. The van der Waals surface area contributed by atoms with Gasteiger partial charge in [-0.2, -0.15) is 0 Å². The molecule has 1 heterocycles. The van der Waals surface area contributed by atoms with Crippen LogP contribution in [0.4, 0.5) is 5.69 Å². The van der Waals surface area contributed by atoms with E-state index >= 15 is 0 Å². The molecule has 0 radical (unpaired) electrons. The van der Waals surface area contributed by atoms with Crippen LogP contribution in [-0.2, 0) is 16.1 Å². The lowest BCUT2D eigenvalue weighted by Crippen LogP contribution is -2.47. The van der Waals surface area contributed by atoms with Gasteiger partial charge >= 0.3 is 0 Å². The number of benzene rings is 1. The van der Waals surface area contributed by atoms with Crippen LogP contribution in [0.15, 0.2) is 24.3 Å². The lowest BCUT2D eigenvalue weighted by Gasteiger charge is -2.35.